The molecule has 176 valence electrons. The van der Waals surface area contributed by atoms with Crippen molar-refractivity contribution in [1.29, 1.82) is 0 Å². The fraction of sp³-hybridized carbons (Fsp3) is 0.440. The van der Waals surface area contributed by atoms with Crippen LogP contribution < -0.4 is 10.1 Å². The largest absolute Gasteiger partial charge is 0.461 e. The van der Waals surface area contributed by atoms with Crippen molar-refractivity contribution in [2.24, 2.45) is 0 Å². The smallest absolute Gasteiger partial charge is 0.303 e. The summed E-state index contributed by atoms with van der Waals surface area (Å²) >= 11 is 1.69. The summed E-state index contributed by atoms with van der Waals surface area (Å²) in [6, 6.07) is 16.8. The van der Waals surface area contributed by atoms with Gasteiger partial charge in [0.1, 0.15) is 5.75 Å². The van der Waals surface area contributed by atoms with Crippen LogP contribution >= 0.6 is 11.8 Å². The molecule has 2 aromatic carbocycles. The predicted octanol–water partition coefficient (Wildman–Crippen LogP) is 3.60. The molecule has 1 N–H and O–H groups in total. The minimum Gasteiger partial charge on any atom is -0.461 e. The van der Waals surface area contributed by atoms with E-state index in [0.717, 1.165) is 50.3 Å². The summed E-state index contributed by atoms with van der Waals surface area (Å²) in [5.41, 5.74) is 2.30. The fourth-order valence-electron chi connectivity index (χ4n) is 4.16. The van der Waals surface area contributed by atoms with Gasteiger partial charge in [0, 0.05) is 44.5 Å². The maximum absolute atomic E-state index is 12.2. The second kappa shape index (κ2) is 10.9. The molecule has 1 amide bonds. The molecular weight excluding hydrogens is 438 g/mol. The minimum atomic E-state index is -0.425. The van der Waals surface area contributed by atoms with Gasteiger partial charge < -0.3 is 24.6 Å². The van der Waals surface area contributed by atoms with Crippen molar-refractivity contribution in [2.75, 3.05) is 38.6 Å². The van der Waals surface area contributed by atoms with Gasteiger partial charge >= 0.3 is 5.97 Å². The number of likely N-dealkylation sites (tertiary alicyclic amines) is 1. The Morgan fingerprint density at radius 3 is 2.55 bits per heavy atom. The average Bonchev–Trinajstić information content (AvgIpc) is 3.24. The lowest BCUT2D eigenvalue weighted by molar-refractivity contribution is -0.151. The maximum Gasteiger partial charge on any atom is 0.303 e. The molecule has 7 nitrogen and oxygen atoms in total. The van der Waals surface area contributed by atoms with Gasteiger partial charge in [-0.15, -0.1) is 0 Å². The molecule has 2 aliphatic rings. The van der Waals surface area contributed by atoms with E-state index in [1.165, 1.54) is 17.4 Å². The highest BCUT2D eigenvalue weighted by molar-refractivity contribution is 8.00. The van der Waals surface area contributed by atoms with Crippen molar-refractivity contribution < 1.29 is 19.1 Å². The Labute approximate surface area is 199 Å². The first-order chi connectivity index (χ1) is 16.0. The van der Waals surface area contributed by atoms with Gasteiger partial charge in [-0.25, -0.2) is 0 Å². The minimum absolute atomic E-state index is 0.103. The van der Waals surface area contributed by atoms with E-state index in [1.807, 2.05) is 24.3 Å². The number of ether oxygens (including phenoxy) is 2. The van der Waals surface area contributed by atoms with Crippen LogP contribution in [0.3, 0.4) is 0 Å². The molecule has 2 aliphatic heterocycles. The van der Waals surface area contributed by atoms with Gasteiger partial charge in [0.2, 0.25) is 5.56 Å². The summed E-state index contributed by atoms with van der Waals surface area (Å²) < 4.78 is 10.9. The molecule has 0 radical (unpaired) electrons. The summed E-state index contributed by atoms with van der Waals surface area (Å²) in [6.07, 6.45) is 2.85. The van der Waals surface area contributed by atoms with Gasteiger partial charge in [-0.05, 0) is 49.1 Å². The zero-order chi connectivity index (χ0) is 23.2. The van der Waals surface area contributed by atoms with Crippen molar-refractivity contribution in [3.05, 3.63) is 54.1 Å². The molecule has 1 atom stereocenters. The van der Waals surface area contributed by atoms with Crippen molar-refractivity contribution in [3.63, 3.8) is 0 Å². The molecule has 1 saturated heterocycles. The Balaban J connectivity index is 1.17. The number of hydrogen-bond donors (Lipinski definition) is 1. The molecule has 0 saturated carbocycles. The molecule has 2 heterocycles. The molecule has 33 heavy (non-hydrogen) atoms. The summed E-state index contributed by atoms with van der Waals surface area (Å²) in [5.74, 6) is 0.297. The highest BCUT2D eigenvalue weighted by Gasteiger charge is 2.26. The lowest BCUT2D eigenvalue weighted by Crippen LogP contribution is -2.47. The number of benzene rings is 2. The Kier molecular flexibility index (Phi) is 7.77. The molecule has 0 aliphatic carbocycles. The van der Waals surface area contributed by atoms with Crippen molar-refractivity contribution >= 4 is 29.3 Å². The van der Waals surface area contributed by atoms with E-state index in [9.17, 15) is 9.59 Å². The lowest BCUT2D eigenvalue weighted by atomic mass is 10.0. The Morgan fingerprint density at radius 2 is 1.85 bits per heavy atom. The first-order valence-electron chi connectivity index (χ1n) is 11.4. The highest BCUT2D eigenvalue weighted by atomic mass is 32.2. The number of hydrogen-bond acceptors (Lipinski definition) is 7. The summed E-state index contributed by atoms with van der Waals surface area (Å²) in [7, 11) is 1.80. The predicted molar refractivity (Wildman–Crippen MR) is 129 cm³/mol. The van der Waals surface area contributed by atoms with Crippen molar-refractivity contribution in [2.45, 2.75) is 42.7 Å². The Bertz CT molecular complexity index is 935. The number of carbonyl (C=O) groups is 2. The zero-order valence-corrected chi connectivity index (χ0v) is 20.0. The first kappa shape index (κ1) is 23.4. The number of likely N-dealkylation sites (N-methyl/N-ethyl adjacent to an activating group) is 1. The topological polar surface area (TPSA) is 71.1 Å². The van der Waals surface area contributed by atoms with Crippen LogP contribution in [-0.4, -0.2) is 66.6 Å². The number of amides is 1. The van der Waals surface area contributed by atoms with Crippen LogP contribution in [0.4, 0.5) is 5.69 Å². The molecule has 2 aromatic rings. The van der Waals surface area contributed by atoms with Gasteiger partial charge in [-0.3, -0.25) is 9.59 Å². The first-order valence-corrected chi connectivity index (χ1v) is 12.2. The number of anilines is 1. The normalized spacial score (nSPS) is 18.3. The number of thioether (sulfide) groups is 1. The molecule has 4 rings (SSSR count). The SMILES string of the molecule is CC(=O)OCC(=O)N(C)C1CCN(CCc2ccc(OC3Nc4ccccc4S3)cc2)CC1. The van der Waals surface area contributed by atoms with E-state index in [2.05, 4.69) is 34.5 Å². The van der Waals surface area contributed by atoms with E-state index < -0.39 is 5.97 Å². The third-order valence-electron chi connectivity index (χ3n) is 6.17. The molecule has 0 aromatic heterocycles. The third-order valence-corrected chi connectivity index (χ3v) is 7.21. The van der Waals surface area contributed by atoms with Crippen molar-refractivity contribution in [3.8, 4) is 5.75 Å². The van der Waals surface area contributed by atoms with Gasteiger partial charge in [0.25, 0.3) is 5.91 Å². The lowest BCUT2D eigenvalue weighted by Gasteiger charge is -2.36. The second-order valence-electron chi connectivity index (χ2n) is 8.46. The fourth-order valence-corrected chi connectivity index (χ4v) is 5.15. The zero-order valence-electron chi connectivity index (χ0n) is 19.2. The van der Waals surface area contributed by atoms with Crippen LogP contribution in [0.2, 0.25) is 0 Å². The maximum atomic E-state index is 12.2. The van der Waals surface area contributed by atoms with Crippen LogP contribution in [0.1, 0.15) is 25.3 Å². The van der Waals surface area contributed by atoms with Crippen molar-refractivity contribution in [1.82, 2.24) is 9.80 Å². The molecule has 0 spiro atoms. The number of nitrogens with zero attached hydrogens (tertiary/aromatic N) is 2. The quantitative estimate of drug-likeness (QED) is 0.593. The third kappa shape index (κ3) is 6.42. The van der Waals surface area contributed by atoms with Gasteiger partial charge in [0.15, 0.2) is 6.61 Å². The summed E-state index contributed by atoms with van der Waals surface area (Å²) in [4.78, 5) is 28.4. The van der Waals surface area contributed by atoms with Crippen LogP contribution in [-0.2, 0) is 20.7 Å². The standard InChI is InChI=1S/C25H31N3O4S/c1-18(29)31-17-24(30)27(2)20-12-15-28(16-13-20)14-11-19-7-9-21(10-8-19)32-25-26-22-5-3-4-6-23(22)33-25/h3-10,20,25-26H,11-17H2,1-2H3. The van der Waals surface area contributed by atoms with E-state index in [1.54, 1.807) is 23.7 Å². The van der Waals surface area contributed by atoms with E-state index in [-0.39, 0.29) is 24.1 Å². The monoisotopic (exact) mass is 469 g/mol. The van der Waals surface area contributed by atoms with Crippen LogP contribution in [0.5, 0.6) is 5.75 Å². The number of nitrogens with one attached hydrogen (secondary N) is 1. The number of esters is 1. The van der Waals surface area contributed by atoms with Gasteiger partial charge in [-0.2, -0.15) is 0 Å². The number of piperidine rings is 1. The number of carbonyl (C=O) groups excluding carboxylic acids is 2. The van der Waals surface area contributed by atoms with Crippen LogP contribution in [0.25, 0.3) is 0 Å². The summed E-state index contributed by atoms with van der Waals surface area (Å²) in [6.45, 7) is 4.06. The van der Waals surface area contributed by atoms with Gasteiger partial charge in [0.05, 0.1) is 5.69 Å². The van der Waals surface area contributed by atoms with E-state index in [0.29, 0.717) is 0 Å². The van der Waals surface area contributed by atoms with E-state index in [4.69, 9.17) is 9.47 Å². The molecular formula is C25H31N3O4S. The number of rotatable bonds is 8. The Hall–Kier alpha value is -2.71. The second-order valence-corrected chi connectivity index (χ2v) is 9.56. The van der Waals surface area contributed by atoms with E-state index >= 15 is 0 Å². The van der Waals surface area contributed by atoms with Gasteiger partial charge in [-0.1, -0.05) is 36.0 Å². The molecule has 1 fully saturated rings. The molecule has 1 unspecified atom stereocenters. The highest BCUT2D eigenvalue weighted by Crippen LogP contribution is 2.38. The number of para-hydroxylation sites is 1. The molecule has 0 bridgehead atoms. The molecule has 8 heteroatoms. The van der Waals surface area contributed by atoms with Crippen LogP contribution in [0, 0.1) is 0 Å². The summed E-state index contributed by atoms with van der Waals surface area (Å²) in [5, 5.41) is 3.38. The van der Waals surface area contributed by atoms with Crippen LogP contribution in [0.15, 0.2) is 53.4 Å². The number of fused-ring (bicyclic) bond motifs is 1. The Morgan fingerprint density at radius 1 is 1.12 bits per heavy atom. The average molecular weight is 470 g/mol.